The number of anilines is 3. The summed E-state index contributed by atoms with van der Waals surface area (Å²) < 4.78 is 2.42. The molecule has 1 saturated carbocycles. The quantitative estimate of drug-likeness (QED) is 0.327. The lowest BCUT2D eigenvalue weighted by atomic mass is 10.2. The van der Waals surface area contributed by atoms with Gasteiger partial charge in [-0.05, 0) is 44.2 Å². The molecule has 0 atom stereocenters. The van der Waals surface area contributed by atoms with Crippen molar-refractivity contribution in [1.29, 1.82) is 0 Å². The smallest absolute Gasteiger partial charge is 0.210 e. The molecule has 37 heavy (non-hydrogen) atoms. The van der Waals surface area contributed by atoms with E-state index in [4.69, 9.17) is 4.98 Å². The Morgan fingerprint density at radius 3 is 2.49 bits per heavy atom. The SMILES string of the molecule is CN1CCN(c2cc3c(cc2Nc2nnc(-c4ccccc4)s2)nc(-c2cccnc2)n3C2CC2)CC1. The van der Waals surface area contributed by atoms with E-state index in [1.807, 2.05) is 36.7 Å². The first-order chi connectivity index (χ1) is 18.2. The minimum atomic E-state index is 0.496. The molecule has 1 aliphatic carbocycles. The number of pyridine rings is 1. The van der Waals surface area contributed by atoms with Gasteiger partial charge >= 0.3 is 0 Å². The molecule has 4 heterocycles. The predicted octanol–water partition coefficient (Wildman–Crippen LogP) is 5.45. The third-order valence-electron chi connectivity index (χ3n) is 7.17. The lowest BCUT2D eigenvalue weighted by Gasteiger charge is -2.35. The molecular formula is C28H28N8S. The largest absolute Gasteiger partial charge is 0.367 e. The van der Waals surface area contributed by atoms with Crippen LogP contribution in [0, 0.1) is 0 Å². The van der Waals surface area contributed by atoms with E-state index in [0.717, 1.165) is 64.5 Å². The van der Waals surface area contributed by atoms with Crippen LogP contribution in [0.15, 0.2) is 67.0 Å². The van der Waals surface area contributed by atoms with Gasteiger partial charge in [0.2, 0.25) is 5.13 Å². The maximum absolute atomic E-state index is 5.12. The second kappa shape index (κ2) is 9.24. The molecule has 1 saturated heterocycles. The van der Waals surface area contributed by atoms with Gasteiger partial charge < -0.3 is 19.7 Å². The van der Waals surface area contributed by atoms with Gasteiger partial charge in [0.05, 0.1) is 22.4 Å². The zero-order valence-corrected chi connectivity index (χ0v) is 21.5. The summed E-state index contributed by atoms with van der Waals surface area (Å²) in [5, 5.41) is 14.2. The van der Waals surface area contributed by atoms with E-state index in [0.29, 0.717) is 6.04 Å². The van der Waals surface area contributed by atoms with E-state index in [9.17, 15) is 0 Å². The van der Waals surface area contributed by atoms with Gasteiger partial charge in [0.15, 0.2) is 0 Å². The Balaban J connectivity index is 1.33. The number of hydrogen-bond acceptors (Lipinski definition) is 8. The molecule has 3 aromatic heterocycles. The standard InChI is InChI=1S/C28H28N8S/c1-34-12-14-35(15-13-34)24-17-25-23(30-26(36(25)21-9-10-21)20-8-5-11-29-18-20)16-22(24)31-28-33-32-27(37-28)19-6-3-2-4-7-19/h2-8,11,16-18,21H,9-10,12-15H2,1H3,(H,31,33). The zero-order chi connectivity index (χ0) is 24.8. The van der Waals surface area contributed by atoms with Crippen molar-refractivity contribution < 1.29 is 0 Å². The first-order valence-corrected chi connectivity index (χ1v) is 13.6. The minimum absolute atomic E-state index is 0.496. The number of hydrogen-bond donors (Lipinski definition) is 1. The van der Waals surface area contributed by atoms with Crippen LogP contribution >= 0.6 is 11.3 Å². The van der Waals surface area contributed by atoms with Crippen LogP contribution in [0.25, 0.3) is 33.0 Å². The van der Waals surface area contributed by atoms with Crippen molar-refractivity contribution >= 4 is 38.9 Å². The van der Waals surface area contributed by atoms with Gasteiger partial charge in [-0.25, -0.2) is 4.98 Å². The highest BCUT2D eigenvalue weighted by molar-refractivity contribution is 7.18. The molecule has 8 nitrogen and oxygen atoms in total. The summed E-state index contributed by atoms with van der Waals surface area (Å²) in [5.41, 5.74) is 6.51. The summed E-state index contributed by atoms with van der Waals surface area (Å²) in [7, 11) is 2.19. The van der Waals surface area contributed by atoms with Crippen LogP contribution in [0.1, 0.15) is 18.9 Å². The van der Waals surface area contributed by atoms with Crippen molar-refractivity contribution in [2.45, 2.75) is 18.9 Å². The van der Waals surface area contributed by atoms with E-state index in [1.165, 1.54) is 24.0 Å². The molecule has 1 aliphatic heterocycles. The fourth-order valence-electron chi connectivity index (χ4n) is 5.03. The molecule has 7 rings (SSSR count). The molecule has 2 aliphatic rings. The fourth-order valence-corrected chi connectivity index (χ4v) is 5.79. The van der Waals surface area contributed by atoms with E-state index in [1.54, 1.807) is 11.3 Å². The Labute approximate surface area is 219 Å². The average Bonchev–Trinajstić information content (AvgIpc) is 3.55. The zero-order valence-electron chi connectivity index (χ0n) is 20.7. The molecule has 9 heteroatoms. The molecule has 0 radical (unpaired) electrons. The maximum Gasteiger partial charge on any atom is 0.210 e. The third kappa shape index (κ3) is 4.34. The van der Waals surface area contributed by atoms with Crippen molar-refractivity contribution in [1.82, 2.24) is 29.6 Å². The predicted molar refractivity (Wildman–Crippen MR) is 150 cm³/mol. The monoisotopic (exact) mass is 508 g/mol. The fraction of sp³-hybridized carbons (Fsp3) is 0.286. The number of benzene rings is 2. The summed E-state index contributed by atoms with van der Waals surface area (Å²) in [4.78, 5) is 14.3. The van der Waals surface area contributed by atoms with Gasteiger partial charge in [-0.1, -0.05) is 41.7 Å². The summed E-state index contributed by atoms with van der Waals surface area (Å²) in [6.07, 6.45) is 6.10. The van der Waals surface area contributed by atoms with Gasteiger partial charge in [0, 0.05) is 55.7 Å². The minimum Gasteiger partial charge on any atom is -0.367 e. The average molecular weight is 509 g/mol. The highest BCUT2D eigenvalue weighted by atomic mass is 32.1. The van der Waals surface area contributed by atoms with Crippen molar-refractivity contribution in [3.8, 4) is 22.0 Å². The summed E-state index contributed by atoms with van der Waals surface area (Å²) in [5.74, 6) is 0.995. The first kappa shape index (κ1) is 22.4. The van der Waals surface area contributed by atoms with Crippen LogP contribution in [0.5, 0.6) is 0 Å². The number of imidazole rings is 1. The van der Waals surface area contributed by atoms with Crippen molar-refractivity contribution in [3.63, 3.8) is 0 Å². The molecule has 0 amide bonds. The van der Waals surface area contributed by atoms with E-state index < -0.39 is 0 Å². The number of fused-ring (bicyclic) bond motifs is 1. The van der Waals surface area contributed by atoms with Crippen LogP contribution in [0.2, 0.25) is 0 Å². The number of piperazine rings is 1. The summed E-state index contributed by atoms with van der Waals surface area (Å²) in [6, 6.07) is 19.3. The number of aromatic nitrogens is 5. The molecular weight excluding hydrogens is 480 g/mol. The molecule has 0 unspecified atom stereocenters. The van der Waals surface area contributed by atoms with Gasteiger partial charge in [-0.2, -0.15) is 0 Å². The van der Waals surface area contributed by atoms with Crippen LogP contribution in [-0.2, 0) is 0 Å². The molecule has 2 fully saturated rings. The van der Waals surface area contributed by atoms with Gasteiger partial charge in [-0.15, -0.1) is 10.2 Å². The maximum atomic E-state index is 5.12. The van der Waals surface area contributed by atoms with Crippen LogP contribution in [0.4, 0.5) is 16.5 Å². The van der Waals surface area contributed by atoms with Crippen LogP contribution in [0.3, 0.4) is 0 Å². The highest BCUT2D eigenvalue weighted by Gasteiger charge is 2.30. The van der Waals surface area contributed by atoms with Gasteiger partial charge in [0.1, 0.15) is 10.8 Å². The summed E-state index contributed by atoms with van der Waals surface area (Å²) in [6.45, 7) is 4.04. The second-order valence-electron chi connectivity index (χ2n) is 9.83. The Morgan fingerprint density at radius 1 is 0.919 bits per heavy atom. The molecule has 1 N–H and O–H groups in total. The summed E-state index contributed by atoms with van der Waals surface area (Å²) >= 11 is 1.57. The Morgan fingerprint density at radius 2 is 1.73 bits per heavy atom. The second-order valence-corrected chi connectivity index (χ2v) is 10.8. The number of nitrogens with one attached hydrogen (secondary N) is 1. The Bertz CT molecular complexity index is 1530. The van der Waals surface area contributed by atoms with Crippen molar-refractivity contribution in [2.24, 2.45) is 0 Å². The Hall–Kier alpha value is -3.82. The molecule has 0 bridgehead atoms. The number of nitrogens with zero attached hydrogens (tertiary/aromatic N) is 7. The number of likely N-dealkylation sites (N-methyl/N-ethyl adjacent to an activating group) is 1. The topological polar surface area (TPSA) is 75.0 Å². The molecule has 186 valence electrons. The van der Waals surface area contributed by atoms with Gasteiger partial charge in [-0.3, -0.25) is 4.98 Å². The lowest BCUT2D eigenvalue weighted by Crippen LogP contribution is -2.44. The number of rotatable bonds is 6. The Kier molecular flexibility index (Phi) is 5.59. The normalized spacial score (nSPS) is 16.4. The molecule has 2 aromatic carbocycles. The highest BCUT2D eigenvalue weighted by Crippen LogP contribution is 2.44. The third-order valence-corrected chi connectivity index (χ3v) is 8.06. The van der Waals surface area contributed by atoms with E-state index in [-0.39, 0.29) is 0 Å². The van der Waals surface area contributed by atoms with Crippen LogP contribution < -0.4 is 10.2 Å². The lowest BCUT2D eigenvalue weighted by molar-refractivity contribution is 0.313. The van der Waals surface area contributed by atoms with Crippen LogP contribution in [-0.4, -0.2) is 62.9 Å². The molecule has 5 aromatic rings. The van der Waals surface area contributed by atoms with E-state index in [2.05, 4.69) is 72.2 Å². The molecule has 0 spiro atoms. The first-order valence-electron chi connectivity index (χ1n) is 12.8. The van der Waals surface area contributed by atoms with Gasteiger partial charge in [0.25, 0.3) is 0 Å². The van der Waals surface area contributed by atoms with Crippen molar-refractivity contribution in [3.05, 3.63) is 67.0 Å². The van der Waals surface area contributed by atoms with Crippen molar-refractivity contribution in [2.75, 3.05) is 43.4 Å². The van der Waals surface area contributed by atoms with E-state index >= 15 is 0 Å².